The molecule has 0 radical (unpaired) electrons. The Morgan fingerprint density at radius 3 is 2.50 bits per heavy atom. The fraction of sp³-hybridized carbons (Fsp3) is 0.136. The molecular weight excluding hydrogens is 322 g/mol. The van der Waals surface area contributed by atoms with Crippen LogP contribution in [0.3, 0.4) is 0 Å². The van der Waals surface area contributed by atoms with E-state index in [-0.39, 0.29) is 6.04 Å². The molecule has 4 heteroatoms. The minimum Gasteiger partial charge on any atom is -0.495 e. The van der Waals surface area contributed by atoms with Gasteiger partial charge in [-0.1, -0.05) is 30.3 Å². The zero-order chi connectivity index (χ0) is 17.9. The van der Waals surface area contributed by atoms with Gasteiger partial charge in [0, 0.05) is 34.6 Å². The van der Waals surface area contributed by atoms with Crippen molar-refractivity contribution in [2.45, 2.75) is 13.0 Å². The maximum Gasteiger partial charge on any atom is 0.141 e. The number of hydrogen-bond acceptors (Lipinski definition) is 3. The number of methoxy groups -OCH3 is 1. The first-order chi connectivity index (χ1) is 12.8. The smallest absolute Gasteiger partial charge is 0.141 e. The summed E-state index contributed by atoms with van der Waals surface area (Å²) in [6, 6.07) is 20.5. The van der Waals surface area contributed by atoms with Crippen LogP contribution in [0.2, 0.25) is 0 Å². The summed E-state index contributed by atoms with van der Waals surface area (Å²) in [5.74, 6) is 0.823. The predicted molar refractivity (Wildman–Crippen MR) is 106 cm³/mol. The second-order valence-corrected chi connectivity index (χ2v) is 6.27. The average molecular weight is 343 g/mol. The van der Waals surface area contributed by atoms with E-state index in [0.717, 1.165) is 28.2 Å². The van der Waals surface area contributed by atoms with Crippen molar-refractivity contribution in [2.24, 2.45) is 0 Å². The van der Waals surface area contributed by atoms with Gasteiger partial charge in [0.15, 0.2) is 0 Å². The minimum atomic E-state index is -0.0227. The number of anilines is 1. The first kappa shape index (κ1) is 16.2. The molecule has 26 heavy (non-hydrogen) atoms. The quantitative estimate of drug-likeness (QED) is 0.531. The van der Waals surface area contributed by atoms with Crippen molar-refractivity contribution in [3.8, 4) is 5.75 Å². The Labute approximate surface area is 152 Å². The van der Waals surface area contributed by atoms with Gasteiger partial charge in [-0.3, -0.25) is 4.98 Å². The molecule has 4 rings (SSSR count). The SMILES string of the molecule is COc1ccccc1NC(c1ccncc1)c1c(C)[nH]c2ccccc12. The summed E-state index contributed by atoms with van der Waals surface area (Å²) in [4.78, 5) is 7.68. The third-order valence-electron chi connectivity index (χ3n) is 4.68. The standard InChI is InChI=1S/C22H21N3O/c1-15-21(17-7-3-4-8-18(17)24-15)22(16-11-13-23-14-12-16)25-19-9-5-6-10-20(19)26-2/h3-14,22,24-25H,1-2H3. The molecule has 0 aliphatic heterocycles. The first-order valence-corrected chi connectivity index (χ1v) is 8.64. The van der Waals surface area contributed by atoms with Crippen LogP contribution in [0.1, 0.15) is 22.9 Å². The van der Waals surface area contributed by atoms with Crippen LogP contribution in [-0.2, 0) is 0 Å². The summed E-state index contributed by atoms with van der Waals surface area (Å²) in [7, 11) is 1.69. The molecule has 0 bridgehead atoms. The molecule has 1 unspecified atom stereocenters. The van der Waals surface area contributed by atoms with Gasteiger partial charge in [0.1, 0.15) is 5.75 Å². The maximum atomic E-state index is 5.53. The summed E-state index contributed by atoms with van der Waals surface area (Å²) in [6.07, 6.45) is 3.66. The molecule has 4 aromatic rings. The fourth-order valence-electron chi connectivity index (χ4n) is 3.47. The van der Waals surface area contributed by atoms with Crippen molar-refractivity contribution < 1.29 is 4.74 Å². The van der Waals surface area contributed by atoms with Crippen LogP contribution in [0.4, 0.5) is 5.69 Å². The number of para-hydroxylation sites is 3. The predicted octanol–water partition coefficient (Wildman–Crippen LogP) is 5.08. The van der Waals surface area contributed by atoms with Crippen molar-refractivity contribution in [2.75, 3.05) is 12.4 Å². The van der Waals surface area contributed by atoms with Crippen LogP contribution < -0.4 is 10.1 Å². The maximum absolute atomic E-state index is 5.53. The van der Waals surface area contributed by atoms with E-state index in [9.17, 15) is 0 Å². The lowest BCUT2D eigenvalue weighted by Gasteiger charge is -2.22. The Morgan fingerprint density at radius 1 is 0.962 bits per heavy atom. The number of rotatable bonds is 5. The molecule has 2 aromatic heterocycles. The van der Waals surface area contributed by atoms with Crippen LogP contribution in [0.25, 0.3) is 10.9 Å². The molecule has 2 aromatic carbocycles. The molecule has 0 amide bonds. The summed E-state index contributed by atoms with van der Waals surface area (Å²) in [5.41, 5.74) is 5.63. The molecule has 4 nitrogen and oxygen atoms in total. The van der Waals surface area contributed by atoms with Crippen molar-refractivity contribution in [3.63, 3.8) is 0 Å². The third-order valence-corrected chi connectivity index (χ3v) is 4.68. The Morgan fingerprint density at radius 2 is 1.69 bits per heavy atom. The van der Waals surface area contributed by atoms with Crippen molar-refractivity contribution in [1.29, 1.82) is 0 Å². The van der Waals surface area contributed by atoms with Gasteiger partial charge >= 0.3 is 0 Å². The van der Waals surface area contributed by atoms with E-state index in [1.807, 2.05) is 48.8 Å². The molecule has 130 valence electrons. The second kappa shape index (κ2) is 6.92. The van der Waals surface area contributed by atoms with E-state index in [2.05, 4.69) is 46.5 Å². The fourth-order valence-corrected chi connectivity index (χ4v) is 3.47. The minimum absolute atomic E-state index is 0.0227. The summed E-state index contributed by atoms with van der Waals surface area (Å²) in [5, 5.41) is 4.89. The van der Waals surface area contributed by atoms with Crippen LogP contribution in [-0.4, -0.2) is 17.1 Å². The van der Waals surface area contributed by atoms with E-state index in [1.165, 1.54) is 10.9 Å². The molecule has 0 aliphatic rings. The lowest BCUT2D eigenvalue weighted by molar-refractivity contribution is 0.416. The number of aryl methyl sites for hydroxylation is 1. The number of ether oxygens (including phenoxy) is 1. The number of H-pyrrole nitrogens is 1. The van der Waals surface area contributed by atoms with E-state index in [4.69, 9.17) is 4.74 Å². The molecule has 0 saturated heterocycles. The number of benzene rings is 2. The number of hydrogen-bond donors (Lipinski definition) is 2. The van der Waals surface area contributed by atoms with Gasteiger partial charge < -0.3 is 15.0 Å². The third kappa shape index (κ3) is 2.90. The molecule has 2 N–H and O–H groups in total. The van der Waals surface area contributed by atoms with Crippen molar-refractivity contribution in [3.05, 3.63) is 89.9 Å². The van der Waals surface area contributed by atoms with Crippen LogP contribution in [0.15, 0.2) is 73.1 Å². The second-order valence-electron chi connectivity index (χ2n) is 6.27. The number of nitrogens with zero attached hydrogens (tertiary/aromatic N) is 1. The zero-order valence-corrected chi connectivity index (χ0v) is 14.9. The first-order valence-electron chi connectivity index (χ1n) is 8.64. The Bertz CT molecular complexity index is 1020. The Balaban J connectivity index is 1.88. The van der Waals surface area contributed by atoms with Gasteiger partial charge in [-0.15, -0.1) is 0 Å². The number of pyridine rings is 1. The van der Waals surface area contributed by atoms with Crippen LogP contribution in [0.5, 0.6) is 5.75 Å². The topological polar surface area (TPSA) is 49.9 Å². The van der Waals surface area contributed by atoms with E-state index < -0.39 is 0 Å². The molecule has 1 atom stereocenters. The van der Waals surface area contributed by atoms with E-state index in [1.54, 1.807) is 7.11 Å². The number of nitrogens with one attached hydrogen (secondary N) is 2. The summed E-state index contributed by atoms with van der Waals surface area (Å²) in [6.45, 7) is 2.12. The van der Waals surface area contributed by atoms with Gasteiger partial charge in [-0.25, -0.2) is 0 Å². The highest BCUT2D eigenvalue weighted by atomic mass is 16.5. The van der Waals surface area contributed by atoms with E-state index in [0.29, 0.717) is 0 Å². The van der Waals surface area contributed by atoms with Crippen molar-refractivity contribution >= 4 is 16.6 Å². The lowest BCUT2D eigenvalue weighted by Crippen LogP contribution is -2.14. The van der Waals surface area contributed by atoms with Gasteiger partial charge in [0.2, 0.25) is 0 Å². The molecule has 0 spiro atoms. The number of fused-ring (bicyclic) bond motifs is 1. The average Bonchev–Trinajstić information content (AvgIpc) is 3.02. The molecular formula is C22H21N3O. The Kier molecular flexibility index (Phi) is 4.32. The highest BCUT2D eigenvalue weighted by Gasteiger charge is 2.21. The largest absolute Gasteiger partial charge is 0.495 e. The number of aromatic nitrogens is 2. The van der Waals surface area contributed by atoms with E-state index >= 15 is 0 Å². The van der Waals surface area contributed by atoms with Gasteiger partial charge in [-0.2, -0.15) is 0 Å². The molecule has 2 heterocycles. The molecule has 0 aliphatic carbocycles. The monoisotopic (exact) mass is 343 g/mol. The zero-order valence-electron chi connectivity index (χ0n) is 14.9. The molecule has 0 fully saturated rings. The highest BCUT2D eigenvalue weighted by Crippen LogP contribution is 2.36. The number of aromatic amines is 1. The van der Waals surface area contributed by atoms with Gasteiger partial charge in [0.25, 0.3) is 0 Å². The van der Waals surface area contributed by atoms with Crippen molar-refractivity contribution in [1.82, 2.24) is 9.97 Å². The van der Waals surface area contributed by atoms with Gasteiger partial charge in [-0.05, 0) is 42.8 Å². The van der Waals surface area contributed by atoms with Crippen LogP contribution in [0, 0.1) is 6.92 Å². The summed E-state index contributed by atoms with van der Waals surface area (Å²) >= 11 is 0. The summed E-state index contributed by atoms with van der Waals surface area (Å²) < 4.78 is 5.53. The lowest BCUT2D eigenvalue weighted by atomic mass is 9.96. The van der Waals surface area contributed by atoms with Gasteiger partial charge in [0.05, 0.1) is 18.8 Å². The van der Waals surface area contributed by atoms with Crippen LogP contribution >= 0.6 is 0 Å². The normalized spacial score (nSPS) is 12.1. The highest BCUT2D eigenvalue weighted by molar-refractivity contribution is 5.86. The molecule has 0 saturated carbocycles. The Hall–Kier alpha value is -3.27.